The molecule has 3 rings (SSSR count). The summed E-state index contributed by atoms with van der Waals surface area (Å²) in [6, 6.07) is 25.9. The quantitative estimate of drug-likeness (QED) is 0.409. The lowest BCUT2D eigenvalue weighted by molar-refractivity contribution is -0.123. The molecule has 1 atom stereocenters. The van der Waals surface area contributed by atoms with Gasteiger partial charge in [0.15, 0.2) is 9.84 Å². The number of carbonyl (C=O) groups excluding carboxylic acids is 2. The fourth-order valence-corrected chi connectivity index (χ4v) is 4.64. The second kappa shape index (κ2) is 12.6. The van der Waals surface area contributed by atoms with E-state index in [1.54, 1.807) is 30.3 Å². The molecule has 0 aliphatic rings. The third kappa shape index (κ3) is 8.04. The molecule has 2 amide bonds. The summed E-state index contributed by atoms with van der Waals surface area (Å²) in [7, 11) is -3.42. The van der Waals surface area contributed by atoms with Gasteiger partial charge in [-0.1, -0.05) is 78.9 Å². The number of alkyl carbamates (subject to hydrolysis) is 1. The van der Waals surface area contributed by atoms with Crippen LogP contribution in [0.2, 0.25) is 0 Å². The Kier molecular flexibility index (Phi) is 9.22. The molecule has 0 saturated carbocycles. The highest BCUT2D eigenvalue weighted by Crippen LogP contribution is 2.11. The van der Waals surface area contributed by atoms with Crippen LogP contribution in [0.25, 0.3) is 0 Å². The van der Waals surface area contributed by atoms with Crippen molar-refractivity contribution in [2.45, 2.75) is 30.4 Å². The van der Waals surface area contributed by atoms with Crippen LogP contribution in [0.4, 0.5) is 4.79 Å². The van der Waals surface area contributed by atoms with Gasteiger partial charge in [-0.15, -0.1) is 0 Å². The van der Waals surface area contributed by atoms with E-state index in [4.69, 9.17) is 4.74 Å². The Bertz CT molecular complexity index is 1150. The van der Waals surface area contributed by atoms with Crippen molar-refractivity contribution in [2.24, 2.45) is 0 Å². The summed E-state index contributed by atoms with van der Waals surface area (Å²) in [6.45, 7) is 0.251. The molecule has 0 aromatic heterocycles. The first-order valence-corrected chi connectivity index (χ1v) is 12.7. The van der Waals surface area contributed by atoms with Crippen molar-refractivity contribution in [1.82, 2.24) is 10.6 Å². The van der Waals surface area contributed by atoms with Crippen LogP contribution in [-0.4, -0.2) is 38.8 Å². The number of hydrogen-bond acceptors (Lipinski definition) is 5. The zero-order valence-corrected chi connectivity index (χ0v) is 19.5. The summed E-state index contributed by atoms with van der Waals surface area (Å²) in [4.78, 5) is 25.4. The van der Waals surface area contributed by atoms with Crippen molar-refractivity contribution in [3.8, 4) is 0 Å². The summed E-state index contributed by atoms with van der Waals surface area (Å²) in [5, 5.41) is 5.36. The summed E-state index contributed by atoms with van der Waals surface area (Å²) in [5.74, 6) is -0.495. The highest BCUT2D eigenvalue weighted by molar-refractivity contribution is 7.91. The first kappa shape index (κ1) is 25.0. The van der Waals surface area contributed by atoms with E-state index in [9.17, 15) is 18.0 Å². The minimum absolute atomic E-state index is 0.0870. The molecule has 1 unspecified atom stereocenters. The molecule has 178 valence electrons. The van der Waals surface area contributed by atoms with Crippen LogP contribution >= 0.6 is 0 Å². The maximum atomic E-state index is 12.8. The molecular weight excluding hydrogens is 452 g/mol. The van der Waals surface area contributed by atoms with Crippen LogP contribution < -0.4 is 10.6 Å². The maximum Gasteiger partial charge on any atom is 0.408 e. The van der Waals surface area contributed by atoms with Crippen molar-refractivity contribution in [1.29, 1.82) is 0 Å². The minimum Gasteiger partial charge on any atom is -0.445 e. The number of amides is 2. The largest absolute Gasteiger partial charge is 0.445 e. The average molecular weight is 481 g/mol. The molecule has 0 heterocycles. The summed E-state index contributed by atoms with van der Waals surface area (Å²) >= 11 is 0. The molecule has 0 radical (unpaired) electrons. The zero-order valence-electron chi connectivity index (χ0n) is 18.7. The fourth-order valence-electron chi connectivity index (χ4n) is 3.31. The second-order valence-corrected chi connectivity index (χ2v) is 9.83. The number of nitrogens with one attached hydrogen (secondary N) is 2. The Morgan fingerprint density at radius 1 is 0.794 bits per heavy atom. The third-order valence-electron chi connectivity index (χ3n) is 5.10. The number of sulfone groups is 1. The molecule has 0 aliphatic carbocycles. The lowest BCUT2D eigenvalue weighted by Gasteiger charge is -2.18. The number of carbonyl (C=O) groups is 2. The van der Waals surface area contributed by atoms with Crippen molar-refractivity contribution < 1.29 is 22.7 Å². The smallest absolute Gasteiger partial charge is 0.408 e. The Morgan fingerprint density at radius 2 is 1.35 bits per heavy atom. The maximum absolute atomic E-state index is 12.8. The molecule has 8 heteroatoms. The van der Waals surface area contributed by atoms with Crippen LogP contribution in [0.3, 0.4) is 0 Å². The lowest BCUT2D eigenvalue weighted by Crippen LogP contribution is -2.48. The van der Waals surface area contributed by atoms with Gasteiger partial charge < -0.3 is 15.4 Å². The van der Waals surface area contributed by atoms with E-state index in [-0.39, 0.29) is 36.6 Å². The van der Waals surface area contributed by atoms with Crippen LogP contribution in [0.1, 0.15) is 17.5 Å². The molecule has 0 saturated heterocycles. The highest BCUT2D eigenvalue weighted by atomic mass is 32.2. The van der Waals surface area contributed by atoms with E-state index in [2.05, 4.69) is 10.6 Å². The standard InChI is InChI=1S/C26H28N2O5S/c29-25(27-17-10-18-34(31,32)23-15-8-3-9-16-23)24(19-21-11-4-1-5-12-21)28-26(30)33-20-22-13-6-2-7-14-22/h1-9,11-16,24H,10,17-20H2,(H,27,29)(H,28,30). The molecule has 0 fully saturated rings. The molecule has 34 heavy (non-hydrogen) atoms. The molecule has 3 aromatic rings. The topological polar surface area (TPSA) is 102 Å². The van der Waals surface area contributed by atoms with Gasteiger partial charge in [0.05, 0.1) is 10.6 Å². The molecular formula is C26H28N2O5S. The van der Waals surface area contributed by atoms with Gasteiger partial charge in [0.25, 0.3) is 0 Å². The molecule has 0 aliphatic heterocycles. The summed E-state index contributed by atoms with van der Waals surface area (Å²) in [5.41, 5.74) is 1.71. The highest BCUT2D eigenvalue weighted by Gasteiger charge is 2.22. The Labute approximate surface area is 200 Å². The second-order valence-electron chi connectivity index (χ2n) is 7.72. The van der Waals surface area contributed by atoms with E-state index >= 15 is 0 Å². The van der Waals surface area contributed by atoms with Crippen molar-refractivity contribution >= 4 is 21.8 Å². The van der Waals surface area contributed by atoms with Gasteiger partial charge in [-0.2, -0.15) is 0 Å². The van der Waals surface area contributed by atoms with Gasteiger partial charge in [-0.05, 0) is 29.7 Å². The molecule has 2 N–H and O–H groups in total. The first-order valence-electron chi connectivity index (χ1n) is 11.0. The Balaban J connectivity index is 1.54. The third-order valence-corrected chi connectivity index (χ3v) is 6.91. The van der Waals surface area contributed by atoms with Gasteiger partial charge in [0, 0.05) is 13.0 Å². The summed E-state index contributed by atoms with van der Waals surface area (Å²) < 4.78 is 30.1. The van der Waals surface area contributed by atoms with Crippen LogP contribution in [0.5, 0.6) is 0 Å². The number of hydrogen-bond donors (Lipinski definition) is 2. The molecule has 3 aromatic carbocycles. The van der Waals surface area contributed by atoms with Crippen LogP contribution in [0.15, 0.2) is 95.9 Å². The van der Waals surface area contributed by atoms with Gasteiger partial charge in [-0.3, -0.25) is 4.79 Å². The first-order chi connectivity index (χ1) is 16.4. The molecule has 0 bridgehead atoms. The predicted octanol–water partition coefficient (Wildman–Crippen LogP) is 3.50. The van der Waals surface area contributed by atoms with Crippen LogP contribution in [-0.2, 0) is 32.4 Å². The van der Waals surface area contributed by atoms with E-state index in [1.165, 1.54) is 0 Å². The van der Waals surface area contributed by atoms with E-state index < -0.39 is 27.9 Å². The van der Waals surface area contributed by atoms with E-state index in [0.29, 0.717) is 0 Å². The summed E-state index contributed by atoms with van der Waals surface area (Å²) in [6.07, 6.45) is -0.180. The van der Waals surface area contributed by atoms with E-state index in [1.807, 2.05) is 60.7 Å². The van der Waals surface area contributed by atoms with Gasteiger partial charge in [-0.25, -0.2) is 13.2 Å². The average Bonchev–Trinajstić information content (AvgIpc) is 2.86. The molecule has 7 nitrogen and oxygen atoms in total. The zero-order chi connectivity index (χ0) is 24.2. The fraction of sp³-hybridized carbons (Fsp3) is 0.231. The minimum atomic E-state index is -3.42. The lowest BCUT2D eigenvalue weighted by atomic mass is 10.1. The normalized spacial score (nSPS) is 11.9. The van der Waals surface area contributed by atoms with Crippen molar-refractivity contribution in [3.05, 3.63) is 102 Å². The Morgan fingerprint density at radius 3 is 1.97 bits per heavy atom. The van der Waals surface area contributed by atoms with E-state index in [0.717, 1.165) is 11.1 Å². The Hall–Kier alpha value is -3.65. The van der Waals surface area contributed by atoms with Crippen molar-refractivity contribution in [3.63, 3.8) is 0 Å². The van der Waals surface area contributed by atoms with Gasteiger partial charge in [0.1, 0.15) is 12.6 Å². The predicted molar refractivity (Wildman–Crippen MR) is 130 cm³/mol. The number of rotatable bonds is 11. The van der Waals surface area contributed by atoms with Gasteiger partial charge >= 0.3 is 6.09 Å². The van der Waals surface area contributed by atoms with Crippen LogP contribution in [0, 0.1) is 0 Å². The number of benzene rings is 3. The number of ether oxygens (including phenoxy) is 1. The SMILES string of the molecule is O=C(NC(Cc1ccccc1)C(=O)NCCCS(=O)(=O)c1ccccc1)OCc1ccccc1. The monoisotopic (exact) mass is 480 g/mol. The van der Waals surface area contributed by atoms with Crippen molar-refractivity contribution in [2.75, 3.05) is 12.3 Å². The molecule has 0 spiro atoms. The van der Waals surface area contributed by atoms with Gasteiger partial charge in [0.2, 0.25) is 5.91 Å².